The lowest BCUT2D eigenvalue weighted by Crippen LogP contribution is -2.48. The summed E-state index contributed by atoms with van der Waals surface area (Å²) in [6, 6.07) is 0. The largest absolute Gasteiger partial charge is 0.393 e. The first kappa shape index (κ1) is 9.44. The number of hydrogen-bond acceptors (Lipinski definition) is 3. The topological polar surface area (TPSA) is 38.7 Å². The van der Waals surface area contributed by atoms with Crippen LogP contribution in [0.25, 0.3) is 0 Å². The fraction of sp³-hybridized carbons (Fsp3) is 1.00. The lowest BCUT2D eigenvalue weighted by Gasteiger charge is -2.44. The van der Waals surface area contributed by atoms with Crippen molar-refractivity contribution in [1.82, 2.24) is 0 Å². The predicted molar refractivity (Wildman–Crippen MR) is 48.6 cm³/mol. The number of rotatable bonds is 0. The van der Waals surface area contributed by atoms with E-state index in [4.69, 9.17) is 9.47 Å². The normalized spacial score (nSPS) is 46.6. The van der Waals surface area contributed by atoms with E-state index in [2.05, 4.69) is 6.92 Å². The highest BCUT2D eigenvalue weighted by molar-refractivity contribution is 4.91. The average Bonchev–Trinajstić information content (AvgIpc) is 2.02. The maximum absolute atomic E-state index is 9.59. The van der Waals surface area contributed by atoms with Gasteiger partial charge in [0.25, 0.3) is 0 Å². The van der Waals surface area contributed by atoms with Crippen LogP contribution >= 0.6 is 0 Å². The summed E-state index contributed by atoms with van der Waals surface area (Å²) >= 11 is 0. The van der Waals surface area contributed by atoms with Gasteiger partial charge < -0.3 is 14.6 Å². The van der Waals surface area contributed by atoms with E-state index < -0.39 is 0 Å². The molecule has 2 aliphatic heterocycles. The average molecular weight is 186 g/mol. The van der Waals surface area contributed by atoms with Crippen molar-refractivity contribution >= 4 is 0 Å². The van der Waals surface area contributed by atoms with E-state index in [0.29, 0.717) is 6.61 Å². The summed E-state index contributed by atoms with van der Waals surface area (Å²) in [6.45, 7) is 3.55. The maximum atomic E-state index is 9.59. The van der Waals surface area contributed by atoms with Crippen molar-refractivity contribution in [3.63, 3.8) is 0 Å². The van der Waals surface area contributed by atoms with Crippen LogP contribution in [0.15, 0.2) is 0 Å². The van der Waals surface area contributed by atoms with Crippen LogP contribution in [0.5, 0.6) is 0 Å². The minimum absolute atomic E-state index is 0.0741. The Morgan fingerprint density at radius 3 is 2.85 bits per heavy atom. The first-order valence-electron chi connectivity index (χ1n) is 5.14. The molecule has 0 radical (unpaired) electrons. The molecule has 2 rings (SSSR count). The van der Waals surface area contributed by atoms with E-state index in [-0.39, 0.29) is 17.8 Å². The zero-order valence-corrected chi connectivity index (χ0v) is 8.16. The Labute approximate surface area is 79.0 Å². The van der Waals surface area contributed by atoms with Gasteiger partial charge in [0.1, 0.15) is 0 Å². The molecule has 76 valence electrons. The molecule has 0 saturated carbocycles. The van der Waals surface area contributed by atoms with Crippen molar-refractivity contribution in [3.8, 4) is 0 Å². The molecule has 0 bridgehead atoms. The Morgan fingerprint density at radius 1 is 1.31 bits per heavy atom. The van der Waals surface area contributed by atoms with Crippen LogP contribution in [0.2, 0.25) is 0 Å². The number of aliphatic hydroxyl groups excluding tert-OH is 1. The lowest BCUT2D eigenvalue weighted by molar-refractivity contribution is -0.175. The van der Waals surface area contributed by atoms with Crippen LogP contribution in [0, 0.1) is 0 Å². The summed E-state index contributed by atoms with van der Waals surface area (Å²) in [5.74, 6) is 0. The van der Waals surface area contributed by atoms with Crippen LogP contribution in [0.1, 0.15) is 32.6 Å². The molecule has 1 spiro atoms. The second-order valence-electron chi connectivity index (χ2n) is 4.31. The Morgan fingerprint density at radius 2 is 2.15 bits per heavy atom. The summed E-state index contributed by atoms with van der Waals surface area (Å²) in [7, 11) is 0. The van der Waals surface area contributed by atoms with Crippen LogP contribution in [-0.4, -0.2) is 36.1 Å². The molecule has 2 saturated heterocycles. The Balaban J connectivity index is 2.00. The molecule has 3 unspecified atom stereocenters. The number of aliphatic hydroxyl groups is 1. The highest BCUT2D eigenvalue weighted by Gasteiger charge is 2.40. The maximum Gasteiger partial charge on any atom is 0.0753 e. The van der Waals surface area contributed by atoms with Gasteiger partial charge in [-0.15, -0.1) is 0 Å². The van der Waals surface area contributed by atoms with Gasteiger partial charge in [-0.05, 0) is 19.8 Å². The van der Waals surface area contributed by atoms with Gasteiger partial charge in [0.2, 0.25) is 0 Å². The van der Waals surface area contributed by atoms with Gasteiger partial charge in [-0.1, -0.05) is 0 Å². The summed E-state index contributed by atoms with van der Waals surface area (Å²) < 4.78 is 11.3. The van der Waals surface area contributed by atoms with Crippen molar-refractivity contribution in [3.05, 3.63) is 0 Å². The zero-order chi connectivity index (χ0) is 9.31. The monoisotopic (exact) mass is 186 g/mol. The minimum atomic E-state index is -0.168. The van der Waals surface area contributed by atoms with Crippen LogP contribution in [-0.2, 0) is 9.47 Å². The van der Waals surface area contributed by atoms with E-state index in [0.717, 1.165) is 32.3 Å². The van der Waals surface area contributed by atoms with E-state index in [1.807, 2.05) is 0 Å². The third-order valence-electron chi connectivity index (χ3n) is 3.09. The molecule has 2 heterocycles. The Kier molecular flexibility index (Phi) is 2.58. The van der Waals surface area contributed by atoms with E-state index in [1.54, 1.807) is 0 Å². The SMILES string of the molecule is CC1CC2(CCO1)CC(O)CCO2. The molecule has 0 amide bonds. The van der Waals surface area contributed by atoms with Gasteiger partial charge in [-0.2, -0.15) is 0 Å². The summed E-state index contributed by atoms with van der Waals surface area (Å²) in [5, 5.41) is 9.59. The van der Waals surface area contributed by atoms with Gasteiger partial charge in [0, 0.05) is 26.1 Å². The van der Waals surface area contributed by atoms with Crippen LogP contribution in [0.3, 0.4) is 0 Å². The Bertz CT molecular complexity index is 161. The Hall–Kier alpha value is -0.120. The summed E-state index contributed by atoms with van der Waals surface area (Å²) in [6.07, 6.45) is 3.56. The van der Waals surface area contributed by atoms with E-state index in [1.165, 1.54) is 0 Å². The molecule has 3 atom stereocenters. The van der Waals surface area contributed by atoms with Crippen molar-refractivity contribution < 1.29 is 14.6 Å². The van der Waals surface area contributed by atoms with Crippen molar-refractivity contribution in [1.29, 1.82) is 0 Å². The third kappa shape index (κ3) is 2.03. The smallest absolute Gasteiger partial charge is 0.0753 e. The standard InChI is InChI=1S/C10H18O3/c1-8-6-10(3-5-12-8)7-9(11)2-4-13-10/h8-9,11H,2-7H2,1H3. The molecule has 3 nitrogen and oxygen atoms in total. The van der Waals surface area contributed by atoms with Crippen LogP contribution in [0.4, 0.5) is 0 Å². The zero-order valence-electron chi connectivity index (χ0n) is 8.16. The molecule has 1 N–H and O–H groups in total. The molecule has 13 heavy (non-hydrogen) atoms. The lowest BCUT2D eigenvalue weighted by atomic mass is 9.83. The number of hydrogen-bond donors (Lipinski definition) is 1. The first-order valence-corrected chi connectivity index (χ1v) is 5.14. The van der Waals surface area contributed by atoms with Gasteiger partial charge in [-0.3, -0.25) is 0 Å². The van der Waals surface area contributed by atoms with Crippen molar-refractivity contribution in [2.75, 3.05) is 13.2 Å². The third-order valence-corrected chi connectivity index (χ3v) is 3.09. The molecule has 0 aromatic rings. The highest BCUT2D eigenvalue weighted by atomic mass is 16.5. The van der Waals surface area contributed by atoms with Crippen molar-refractivity contribution in [2.24, 2.45) is 0 Å². The van der Waals surface area contributed by atoms with Gasteiger partial charge in [-0.25, -0.2) is 0 Å². The van der Waals surface area contributed by atoms with E-state index >= 15 is 0 Å². The van der Waals surface area contributed by atoms with Gasteiger partial charge >= 0.3 is 0 Å². The summed E-state index contributed by atoms with van der Waals surface area (Å²) in [5.41, 5.74) is -0.0741. The van der Waals surface area contributed by atoms with E-state index in [9.17, 15) is 5.11 Å². The predicted octanol–water partition coefficient (Wildman–Crippen LogP) is 1.10. The molecule has 2 aliphatic rings. The molecular weight excluding hydrogens is 168 g/mol. The van der Waals surface area contributed by atoms with Crippen LogP contribution < -0.4 is 0 Å². The molecule has 2 fully saturated rings. The molecule has 0 aromatic heterocycles. The molecule has 0 aliphatic carbocycles. The second kappa shape index (κ2) is 3.56. The first-order chi connectivity index (χ1) is 6.20. The summed E-state index contributed by atoms with van der Waals surface area (Å²) in [4.78, 5) is 0. The quantitative estimate of drug-likeness (QED) is 0.615. The molecular formula is C10H18O3. The fourth-order valence-electron chi connectivity index (χ4n) is 2.45. The van der Waals surface area contributed by atoms with Crippen molar-refractivity contribution in [2.45, 2.75) is 50.4 Å². The molecule has 0 aromatic carbocycles. The minimum Gasteiger partial charge on any atom is -0.393 e. The fourth-order valence-corrected chi connectivity index (χ4v) is 2.45. The highest BCUT2D eigenvalue weighted by Crippen LogP contribution is 2.36. The number of ether oxygens (including phenoxy) is 2. The molecule has 3 heteroatoms. The van der Waals surface area contributed by atoms with Gasteiger partial charge in [0.15, 0.2) is 0 Å². The van der Waals surface area contributed by atoms with Gasteiger partial charge in [0.05, 0.1) is 17.8 Å². The second-order valence-corrected chi connectivity index (χ2v) is 4.31.